The summed E-state index contributed by atoms with van der Waals surface area (Å²) < 4.78 is 28.1. The maximum Gasteiger partial charge on any atom is 0.348 e. The second-order valence-corrected chi connectivity index (χ2v) is 12.7. The molecule has 0 radical (unpaired) electrons. The first-order chi connectivity index (χ1) is 19.6. The first-order valence-corrected chi connectivity index (χ1v) is 13.9. The lowest BCUT2D eigenvalue weighted by Crippen LogP contribution is -2.79. The lowest BCUT2D eigenvalue weighted by Gasteiger charge is -2.67. The third-order valence-corrected chi connectivity index (χ3v) is 10.0. The number of aliphatic hydroxyl groups excluding tert-OH is 2. The van der Waals surface area contributed by atoms with E-state index in [9.17, 15) is 34.2 Å². The number of hydrogen-bond acceptors (Lipinski definition) is 13. The van der Waals surface area contributed by atoms with Crippen LogP contribution in [0, 0.1) is 28.6 Å². The second kappa shape index (κ2) is 9.97. The van der Waals surface area contributed by atoms with E-state index >= 15 is 0 Å². The van der Waals surface area contributed by atoms with Crippen molar-refractivity contribution in [2.75, 3.05) is 13.7 Å². The normalized spacial score (nSPS) is 42.5. The highest BCUT2D eigenvalue weighted by Crippen LogP contribution is 2.72. The van der Waals surface area contributed by atoms with Crippen molar-refractivity contribution >= 4 is 29.7 Å². The molecule has 1 spiro atoms. The first kappa shape index (κ1) is 30.3. The van der Waals surface area contributed by atoms with Gasteiger partial charge in [0, 0.05) is 23.8 Å². The van der Waals surface area contributed by atoms with E-state index in [-0.39, 0.29) is 25.2 Å². The van der Waals surface area contributed by atoms with Gasteiger partial charge >= 0.3 is 23.9 Å². The van der Waals surface area contributed by atoms with Crippen LogP contribution in [0.1, 0.15) is 47.5 Å². The Kier molecular flexibility index (Phi) is 7.20. The van der Waals surface area contributed by atoms with Gasteiger partial charge in [-0.2, -0.15) is 0 Å². The smallest absolute Gasteiger partial charge is 0.348 e. The van der Waals surface area contributed by atoms with Crippen LogP contribution >= 0.6 is 0 Å². The Morgan fingerprint density at radius 3 is 2.43 bits per heavy atom. The Labute approximate surface area is 242 Å². The Balaban J connectivity index is 1.69. The molecule has 0 unspecified atom stereocenters. The molecular weight excluding hydrogens is 554 g/mol. The molecule has 2 saturated carbocycles. The van der Waals surface area contributed by atoms with Crippen LogP contribution in [0.3, 0.4) is 0 Å². The molecule has 5 aliphatic rings. The maximum atomic E-state index is 13.6. The maximum absolute atomic E-state index is 13.6. The summed E-state index contributed by atoms with van der Waals surface area (Å²) in [5.41, 5.74) is 1.94. The van der Waals surface area contributed by atoms with Gasteiger partial charge in [0.15, 0.2) is 11.5 Å². The number of Topliss-reactive ketones (excluding diaryl/α,β-unsaturated/α-hetero) is 1. The number of fused-ring (bicyclic) bond motifs is 2. The van der Waals surface area contributed by atoms with Crippen molar-refractivity contribution in [3.8, 4) is 0 Å². The summed E-state index contributed by atoms with van der Waals surface area (Å²) in [6, 6.07) is -0.982. The SMILES string of the molecule is COC(=O)[C@@]12OC[C@]34[C@H]([C@@H](O)[C@@H]1O)[C@@]1(C)CC(=O)C(OC(=O)[C@H](C)N)=C(C)[C@@H]1C[C@H]3OC(=O)[C@H](OC(=O)C=C(C)C)[C@@H]24. The summed E-state index contributed by atoms with van der Waals surface area (Å²) in [6.07, 6.45) is -5.14. The van der Waals surface area contributed by atoms with Gasteiger partial charge in [0.05, 0.1) is 25.7 Å². The number of esters is 4. The second-order valence-electron chi connectivity index (χ2n) is 12.7. The summed E-state index contributed by atoms with van der Waals surface area (Å²) >= 11 is 0. The van der Waals surface area contributed by atoms with Gasteiger partial charge in [-0.25, -0.2) is 19.2 Å². The zero-order valence-electron chi connectivity index (χ0n) is 24.4. The Bertz CT molecular complexity index is 1320. The molecule has 0 aromatic carbocycles. The third-order valence-electron chi connectivity index (χ3n) is 10.0. The quantitative estimate of drug-likeness (QED) is 0.217. The van der Waals surface area contributed by atoms with Crippen molar-refractivity contribution in [3.63, 3.8) is 0 Å². The summed E-state index contributed by atoms with van der Waals surface area (Å²) in [5.74, 6) is -7.16. The molecule has 5 rings (SSSR count). The number of nitrogens with two attached hydrogens (primary N) is 1. The Morgan fingerprint density at radius 1 is 1.17 bits per heavy atom. The van der Waals surface area contributed by atoms with Crippen LogP contribution in [0.5, 0.6) is 0 Å². The van der Waals surface area contributed by atoms with Crippen LogP contribution in [0.15, 0.2) is 23.0 Å². The van der Waals surface area contributed by atoms with Crippen molar-refractivity contribution in [2.45, 2.75) is 83.5 Å². The molecule has 0 aromatic rings. The van der Waals surface area contributed by atoms with E-state index in [1.165, 1.54) is 13.0 Å². The molecule has 4 N–H and O–H groups in total. The summed E-state index contributed by atoms with van der Waals surface area (Å²) in [7, 11) is 1.08. The molecule has 13 nitrogen and oxygen atoms in total. The molecule has 0 aromatic heterocycles. The van der Waals surface area contributed by atoms with E-state index < -0.39 is 94.3 Å². The minimum Gasteiger partial charge on any atom is -0.467 e. The molecule has 0 amide bonds. The molecule has 2 heterocycles. The summed E-state index contributed by atoms with van der Waals surface area (Å²) in [5, 5.41) is 23.5. The zero-order valence-corrected chi connectivity index (χ0v) is 24.4. The number of carbonyl (C=O) groups is 5. The predicted molar refractivity (Wildman–Crippen MR) is 140 cm³/mol. The van der Waals surface area contributed by atoms with Crippen molar-refractivity contribution in [3.05, 3.63) is 23.0 Å². The lowest BCUT2D eigenvalue weighted by molar-refractivity contribution is -0.290. The number of carbonyl (C=O) groups excluding carboxylic acids is 5. The molecule has 13 heteroatoms. The van der Waals surface area contributed by atoms with Crippen LogP contribution in [-0.4, -0.2) is 89.6 Å². The van der Waals surface area contributed by atoms with Crippen LogP contribution < -0.4 is 5.73 Å². The fourth-order valence-corrected chi connectivity index (χ4v) is 8.57. The third kappa shape index (κ3) is 3.86. The molecular formula is C29H37NO12. The predicted octanol–water partition coefficient (Wildman–Crippen LogP) is -0.151. The van der Waals surface area contributed by atoms with Gasteiger partial charge in [-0.3, -0.25) is 4.79 Å². The van der Waals surface area contributed by atoms with Gasteiger partial charge in [0.2, 0.25) is 11.7 Å². The van der Waals surface area contributed by atoms with Crippen molar-refractivity contribution in [2.24, 2.45) is 34.3 Å². The molecule has 2 saturated heterocycles. The molecule has 42 heavy (non-hydrogen) atoms. The van der Waals surface area contributed by atoms with E-state index in [0.29, 0.717) is 11.1 Å². The highest BCUT2D eigenvalue weighted by molar-refractivity contribution is 5.98. The zero-order chi connectivity index (χ0) is 31.1. The molecule has 3 aliphatic carbocycles. The highest BCUT2D eigenvalue weighted by atomic mass is 16.6. The van der Waals surface area contributed by atoms with Crippen molar-refractivity contribution < 1.29 is 57.9 Å². The number of hydrogen-bond donors (Lipinski definition) is 3. The van der Waals surface area contributed by atoms with Crippen LogP contribution in [0.25, 0.3) is 0 Å². The molecule has 4 fully saturated rings. The van der Waals surface area contributed by atoms with E-state index in [0.717, 1.165) is 7.11 Å². The van der Waals surface area contributed by atoms with Gasteiger partial charge < -0.3 is 39.6 Å². The van der Waals surface area contributed by atoms with Gasteiger partial charge in [0.25, 0.3) is 0 Å². The number of ketones is 1. The fourth-order valence-electron chi connectivity index (χ4n) is 8.57. The molecule has 2 bridgehead atoms. The molecule has 2 aliphatic heterocycles. The average molecular weight is 592 g/mol. The minimum atomic E-state index is -2.26. The highest BCUT2D eigenvalue weighted by Gasteiger charge is 2.85. The van der Waals surface area contributed by atoms with Gasteiger partial charge in [-0.05, 0) is 51.0 Å². The van der Waals surface area contributed by atoms with E-state index in [1.807, 2.05) is 0 Å². The monoisotopic (exact) mass is 591 g/mol. The number of allylic oxidation sites excluding steroid dienone is 3. The number of rotatable bonds is 5. The van der Waals surface area contributed by atoms with Crippen LogP contribution in [0.2, 0.25) is 0 Å². The van der Waals surface area contributed by atoms with E-state index in [1.54, 1.807) is 27.7 Å². The van der Waals surface area contributed by atoms with Crippen LogP contribution in [0.4, 0.5) is 0 Å². The number of ether oxygens (including phenoxy) is 5. The van der Waals surface area contributed by atoms with Gasteiger partial charge in [0.1, 0.15) is 18.2 Å². The minimum absolute atomic E-state index is 0.117. The summed E-state index contributed by atoms with van der Waals surface area (Å²) in [6.45, 7) is 7.89. The van der Waals surface area contributed by atoms with Crippen molar-refractivity contribution in [1.29, 1.82) is 0 Å². The van der Waals surface area contributed by atoms with E-state index in [4.69, 9.17) is 29.4 Å². The van der Waals surface area contributed by atoms with Crippen molar-refractivity contribution in [1.82, 2.24) is 0 Å². The van der Waals surface area contributed by atoms with Crippen LogP contribution in [-0.2, 0) is 47.7 Å². The average Bonchev–Trinajstić information content (AvgIpc) is 3.21. The van der Waals surface area contributed by atoms with Gasteiger partial charge in [-0.15, -0.1) is 0 Å². The number of aliphatic hydroxyl groups is 2. The Morgan fingerprint density at radius 2 is 1.83 bits per heavy atom. The Hall–Kier alpha value is -3.13. The molecule has 11 atom stereocenters. The standard InChI is InChI=1S/C29H37NO12/c1-11(2)7-17(32)41-20-22-28-10-39-29(22,26(37)38-6)23(34)18(33)21(28)27(5)9-15(31)19(42-24(35)13(4)30)12(3)14(27)8-16(28)40-25(20)36/h7,13-14,16,18,20-23,33-34H,8-10,30H2,1-6H3/t13-,14-,16+,18+,20+,21+,22+,23-,27-,28+,29-/m0/s1. The number of methoxy groups -OCH3 is 1. The first-order valence-electron chi connectivity index (χ1n) is 13.9. The lowest BCUT2D eigenvalue weighted by atomic mass is 9.38. The molecule has 230 valence electrons. The topological polar surface area (TPSA) is 198 Å². The van der Waals surface area contributed by atoms with E-state index in [2.05, 4.69) is 0 Å². The fraction of sp³-hybridized carbons (Fsp3) is 0.690. The summed E-state index contributed by atoms with van der Waals surface area (Å²) in [4.78, 5) is 65.6. The van der Waals surface area contributed by atoms with Gasteiger partial charge in [-0.1, -0.05) is 12.5 Å². The largest absolute Gasteiger partial charge is 0.467 e.